The minimum atomic E-state index is -3.23. The highest BCUT2D eigenvalue weighted by Gasteiger charge is 2.25. The van der Waals surface area contributed by atoms with Crippen LogP contribution in [0.4, 0.5) is 18.9 Å². The Hall–Kier alpha value is -1.79. The van der Waals surface area contributed by atoms with E-state index in [1.807, 2.05) is 0 Å². The van der Waals surface area contributed by atoms with E-state index in [9.17, 15) is 23.3 Å². The SMILES string of the molecule is Cc1ccc(F)c([N+](=O)[O-])c1OC(F)F. The standard InChI is InChI=1S/C8H6F3NO3/c1-4-2-3-5(9)6(12(13)14)7(4)15-8(10)11/h2-3,8H,1H3. The third-order valence-corrected chi connectivity index (χ3v) is 1.67. The van der Waals surface area contributed by atoms with E-state index in [1.165, 1.54) is 6.92 Å². The van der Waals surface area contributed by atoms with Crippen molar-refractivity contribution in [2.45, 2.75) is 13.5 Å². The highest BCUT2D eigenvalue weighted by Crippen LogP contribution is 2.34. The summed E-state index contributed by atoms with van der Waals surface area (Å²) in [5.41, 5.74) is -1.00. The Morgan fingerprint density at radius 1 is 1.47 bits per heavy atom. The molecule has 0 unspecified atom stereocenters. The van der Waals surface area contributed by atoms with Crippen molar-refractivity contribution in [2.24, 2.45) is 0 Å². The molecule has 0 radical (unpaired) electrons. The molecule has 0 N–H and O–H groups in total. The van der Waals surface area contributed by atoms with E-state index in [2.05, 4.69) is 4.74 Å². The van der Waals surface area contributed by atoms with Crippen molar-refractivity contribution in [1.82, 2.24) is 0 Å². The predicted octanol–water partition coefficient (Wildman–Crippen LogP) is 2.64. The summed E-state index contributed by atoms with van der Waals surface area (Å²) in [7, 11) is 0. The van der Waals surface area contributed by atoms with Crippen LogP contribution in [-0.2, 0) is 0 Å². The van der Waals surface area contributed by atoms with Crippen molar-refractivity contribution in [3.8, 4) is 5.75 Å². The molecule has 0 heterocycles. The minimum Gasteiger partial charge on any atom is -0.427 e. The van der Waals surface area contributed by atoms with Crippen LogP contribution in [-0.4, -0.2) is 11.5 Å². The number of rotatable bonds is 3. The second-order valence-corrected chi connectivity index (χ2v) is 2.68. The second kappa shape index (κ2) is 4.16. The molecule has 7 heteroatoms. The summed E-state index contributed by atoms with van der Waals surface area (Å²) in [4.78, 5) is 9.32. The molecule has 0 atom stereocenters. The first-order valence-electron chi connectivity index (χ1n) is 3.81. The molecule has 4 nitrogen and oxygen atoms in total. The Kier molecular flexibility index (Phi) is 3.13. The fourth-order valence-corrected chi connectivity index (χ4v) is 1.06. The largest absolute Gasteiger partial charge is 0.427 e. The Morgan fingerprint density at radius 3 is 2.53 bits per heavy atom. The van der Waals surface area contributed by atoms with E-state index in [0.717, 1.165) is 12.1 Å². The first kappa shape index (κ1) is 11.3. The Labute approximate surface area is 82.4 Å². The summed E-state index contributed by atoms with van der Waals surface area (Å²) in [6, 6.07) is 1.95. The highest BCUT2D eigenvalue weighted by molar-refractivity contribution is 5.52. The number of hydrogen-bond acceptors (Lipinski definition) is 3. The van der Waals surface area contributed by atoms with Crippen molar-refractivity contribution in [3.63, 3.8) is 0 Å². The summed E-state index contributed by atoms with van der Waals surface area (Å²) < 4.78 is 40.7. The van der Waals surface area contributed by atoms with E-state index in [4.69, 9.17) is 0 Å². The van der Waals surface area contributed by atoms with Gasteiger partial charge in [-0.25, -0.2) is 0 Å². The van der Waals surface area contributed by atoms with Crippen molar-refractivity contribution < 1.29 is 22.8 Å². The maximum absolute atomic E-state index is 13.0. The van der Waals surface area contributed by atoms with Crippen LogP contribution < -0.4 is 4.74 Å². The van der Waals surface area contributed by atoms with Gasteiger partial charge in [-0.15, -0.1) is 0 Å². The zero-order valence-corrected chi connectivity index (χ0v) is 7.54. The zero-order valence-electron chi connectivity index (χ0n) is 7.54. The molecule has 82 valence electrons. The van der Waals surface area contributed by atoms with Crippen LogP contribution in [0.25, 0.3) is 0 Å². The lowest BCUT2D eigenvalue weighted by molar-refractivity contribution is -0.389. The first-order chi connectivity index (χ1) is 6.93. The van der Waals surface area contributed by atoms with Gasteiger partial charge in [0, 0.05) is 0 Å². The fourth-order valence-electron chi connectivity index (χ4n) is 1.06. The van der Waals surface area contributed by atoms with Crippen LogP contribution in [0, 0.1) is 22.9 Å². The van der Waals surface area contributed by atoms with Crippen LogP contribution in [0.3, 0.4) is 0 Å². The third kappa shape index (κ3) is 2.36. The summed E-state index contributed by atoms with van der Waals surface area (Å²) >= 11 is 0. The Bertz CT molecular complexity index is 395. The van der Waals surface area contributed by atoms with Gasteiger partial charge >= 0.3 is 12.3 Å². The molecular formula is C8H6F3NO3. The number of aryl methyl sites for hydroxylation is 1. The summed E-state index contributed by atoms with van der Waals surface area (Å²) in [6.07, 6.45) is 0. The molecule has 1 aromatic carbocycles. The second-order valence-electron chi connectivity index (χ2n) is 2.68. The van der Waals surface area contributed by atoms with E-state index in [-0.39, 0.29) is 5.56 Å². The van der Waals surface area contributed by atoms with E-state index in [1.54, 1.807) is 0 Å². The lowest BCUT2D eigenvalue weighted by Gasteiger charge is -2.08. The van der Waals surface area contributed by atoms with E-state index in [0.29, 0.717) is 0 Å². The molecule has 0 fully saturated rings. The molecule has 0 saturated carbocycles. The van der Waals surface area contributed by atoms with Gasteiger partial charge in [-0.05, 0) is 18.6 Å². The number of alkyl halides is 2. The Morgan fingerprint density at radius 2 is 2.07 bits per heavy atom. The number of ether oxygens (including phenoxy) is 1. The third-order valence-electron chi connectivity index (χ3n) is 1.67. The smallest absolute Gasteiger partial charge is 0.387 e. The average Bonchev–Trinajstić information content (AvgIpc) is 2.10. The molecule has 0 aliphatic heterocycles. The number of benzene rings is 1. The number of hydrogen-bond donors (Lipinski definition) is 0. The van der Waals surface area contributed by atoms with Gasteiger partial charge in [0.2, 0.25) is 11.6 Å². The maximum atomic E-state index is 13.0. The van der Waals surface area contributed by atoms with Crippen LogP contribution in [0.15, 0.2) is 12.1 Å². The molecule has 0 aliphatic rings. The number of nitro benzene ring substituents is 1. The number of nitro groups is 1. The molecule has 0 bridgehead atoms. The van der Waals surface area contributed by atoms with Gasteiger partial charge in [-0.3, -0.25) is 10.1 Å². The molecule has 15 heavy (non-hydrogen) atoms. The highest BCUT2D eigenvalue weighted by atomic mass is 19.3. The van der Waals surface area contributed by atoms with E-state index < -0.39 is 28.8 Å². The predicted molar refractivity (Wildman–Crippen MR) is 44.4 cm³/mol. The van der Waals surface area contributed by atoms with Gasteiger partial charge in [-0.1, -0.05) is 6.07 Å². The summed E-state index contributed by atoms with van der Waals surface area (Å²) in [6.45, 7) is -1.92. The van der Waals surface area contributed by atoms with Gasteiger partial charge in [0.25, 0.3) is 0 Å². The zero-order chi connectivity index (χ0) is 11.6. The lowest BCUT2D eigenvalue weighted by Crippen LogP contribution is -2.07. The maximum Gasteiger partial charge on any atom is 0.387 e. The van der Waals surface area contributed by atoms with Gasteiger partial charge in [0.15, 0.2) is 0 Å². The number of nitrogens with zero attached hydrogens (tertiary/aromatic N) is 1. The first-order valence-corrected chi connectivity index (χ1v) is 3.81. The van der Waals surface area contributed by atoms with Crippen molar-refractivity contribution in [1.29, 1.82) is 0 Å². The van der Waals surface area contributed by atoms with Crippen molar-refractivity contribution >= 4 is 5.69 Å². The molecular weight excluding hydrogens is 215 g/mol. The quantitative estimate of drug-likeness (QED) is 0.582. The summed E-state index contributed by atoms with van der Waals surface area (Å²) in [5, 5.41) is 10.4. The fraction of sp³-hybridized carbons (Fsp3) is 0.250. The van der Waals surface area contributed by atoms with Crippen molar-refractivity contribution in [2.75, 3.05) is 0 Å². The monoisotopic (exact) mass is 221 g/mol. The average molecular weight is 221 g/mol. The normalized spacial score (nSPS) is 10.5. The topological polar surface area (TPSA) is 52.4 Å². The van der Waals surface area contributed by atoms with Crippen molar-refractivity contribution in [3.05, 3.63) is 33.6 Å². The van der Waals surface area contributed by atoms with Crippen LogP contribution in [0.2, 0.25) is 0 Å². The van der Waals surface area contributed by atoms with E-state index >= 15 is 0 Å². The molecule has 1 aromatic rings. The van der Waals surface area contributed by atoms with Gasteiger partial charge in [0.05, 0.1) is 4.92 Å². The van der Waals surface area contributed by atoms with Gasteiger partial charge in [0.1, 0.15) is 0 Å². The minimum absolute atomic E-state index is 0.0726. The molecule has 0 aromatic heterocycles. The molecule has 0 amide bonds. The number of halogens is 3. The van der Waals surface area contributed by atoms with Crippen LogP contribution in [0.5, 0.6) is 5.75 Å². The van der Waals surface area contributed by atoms with Gasteiger partial charge in [-0.2, -0.15) is 13.2 Å². The van der Waals surface area contributed by atoms with Crippen LogP contribution in [0.1, 0.15) is 5.56 Å². The lowest BCUT2D eigenvalue weighted by atomic mass is 10.2. The van der Waals surface area contributed by atoms with Crippen LogP contribution >= 0.6 is 0 Å². The molecule has 0 spiro atoms. The molecule has 0 aliphatic carbocycles. The molecule has 0 saturated heterocycles. The Balaban J connectivity index is 3.31. The summed E-state index contributed by atoms with van der Waals surface area (Å²) in [5.74, 6) is -1.95. The van der Waals surface area contributed by atoms with Gasteiger partial charge < -0.3 is 4.74 Å². The molecule has 1 rings (SSSR count).